The summed E-state index contributed by atoms with van der Waals surface area (Å²) in [6, 6.07) is 10.4. The fourth-order valence-corrected chi connectivity index (χ4v) is 3.40. The molecule has 1 fully saturated rings. The zero-order valence-electron chi connectivity index (χ0n) is 17.4. The molecule has 0 radical (unpaired) electrons. The number of hydrogen-bond acceptors (Lipinski definition) is 5. The van der Waals surface area contributed by atoms with Gasteiger partial charge in [0.2, 0.25) is 11.8 Å². The Morgan fingerprint density at radius 3 is 2.50 bits per heavy atom. The number of halogens is 4. The lowest BCUT2D eigenvalue weighted by atomic mass is 10.1. The molecule has 2 atom stereocenters. The van der Waals surface area contributed by atoms with Crippen molar-refractivity contribution in [2.45, 2.75) is 18.8 Å². The highest BCUT2D eigenvalue weighted by Crippen LogP contribution is 2.25. The van der Waals surface area contributed by atoms with Crippen LogP contribution < -0.4 is 15.4 Å². The van der Waals surface area contributed by atoms with Crippen molar-refractivity contribution in [2.75, 3.05) is 18.4 Å². The van der Waals surface area contributed by atoms with E-state index in [2.05, 4.69) is 15.4 Å². The first kappa shape index (κ1) is 24.5. The zero-order chi connectivity index (χ0) is 24.9. The molecule has 2 unspecified atom stereocenters. The van der Waals surface area contributed by atoms with E-state index < -0.39 is 54.2 Å². The number of anilines is 1. The van der Waals surface area contributed by atoms with Gasteiger partial charge in [0.05, 0.1) is 18.5 Å². The summed E-state index contributed by atoms with van der Waals surface area (Å²) in [5, 5.41) is 14.3. The number of likely N-dealkylation sites (tertiary alicyclic amines) is 1. The van der Waals surface area contributed by atoms with Gasteiger partial charge in [-0.2, -0.15) is 5.26 Å². The van der Waals surface area contributed by atoms with Crippen LogP contribution in [0.15, 0.2) is 48.5 Å². The third kappa shape index (κ3) is 6.44. The van der Waals surface area contributed by atoms with Crippen molar-refractivity contribution in [2.24, 2.45) is 5.92 Å². The van der Waals surface area contributed by atoms with Crippen LogP contribution in [0.1, 0.15) is 16.8 Å². The first-order valence-corrected chi connectivity index (χ1v) is 9.95. The van der Waals surface area contributed by atoms with Gasteiger partial charge in [-0.25, -0.2) is 4.39 Å². The first-order chi connectivity index (χ1) is 16.1. The molecule has 3 amide bonds. The van der Waals surface area contributed by atoms with Crippen LogP contribution in [0, 0.1) is 23.1 Å². The second kappa shape index (κ2) is 10.2. The molecule has 3 rings (SSSR count). The van der Waals surface area contributed by atoms with Gasteiger partial charge in [-0.15, -0.1) is 13.2 Å². The molecular formula is C22H18F4N4O4. The van der Waals surface area contributed by atoms with Gasteiger partial charge < -0.3 is 20.3 Å². The Labute approximate surface area is 191 Å². The number of nitrogens with zero attached hydrogens (tertiary/aromatic N) is 2. The number of nitrogens with one attached hydrogen (secondary N) is 2. The van der Waals surface area contributed by atoms with Crippen LogP contribution in [0.5, 0.6) is 5.75 Å². The summed E-state index contributed by atoms with van der Waals surface area (Å²) in [7, 11) is 0. The normalized spacial score (nSPS) is 17.6. The van der Waals surface area contributed by atoms with Crippen molar-refractivity contribution < 1.29 is 36.7 Å². The van der Waals surface area contributed by atoms with Crippen molar-refractivity contribution >= 4 is 23.4 Å². The summed E-state index contributed by atoms with van der Waals surface area (Å²) in [4.78, 5) is 38.5. The molecule has 1 saturated heterocycles. The van der Waals surface area contributed by atoms with Crippen molar-refractivity contribution in [3.63, 3.8) is 0 Å². The Balaban J connectivity index is 1.57. The van der Waals surface area contributed by atoms with Gasteiger partial charge in [-0.05, 0) is 48.9 Å². The summed E-state index contributed by atoms with van der Waals surface area (Å²) in [6.45, 7) is -0.609. The van der Waals surface area contributed by atoms with Gasteiger partial charge in [-0.3, -0.25) is 14.4 Å². The van der Waals surface area contributed by atoms with Crippen LogP contribution in [-0.2, 0) is 9.59 Å². The number of rotatable bonds is 6. The highest BCUT2D eigenvalue weighted by atomic mass is 19.4. The molecular weight excluding hydrogens is 460 g/mol. The van der Waals surface area contributed by atoms with E-state index in [4.69, 9.17) is 0 Å². The predicted octanol–water partition coefficient (Wildman–Crippen LogP) is 2.83. The zero-order valence-corrected chi connectivity index (χ0v) is 17.4. The summed E-state index contributed by atoms with van der Waals surface area (Å²) < 4.78 is 53.8. The van der Waals surface area contributed by atoms with Crippen molar-refractivity contribution in [3.05, 3.63) is 59.9 Å². The largest absolute Gasteiger partial charge is 0.573 e. The molecule has 0 saturated carbocycles. The quantitative estimate of drug-likeness (QED) is 0.621. The Morgan fingerprint density at radius 1 is 1.15 bits per heavy atom. The maximum atomic E-state index is 13.0. The number of benzene rings is 2. The SMILES string of the molecule is N#CC1CC(C(=O)Nc2ccc(F)cc2)CN1C(=O)CNC(=O)c1cccc(OC(F)(F)F)c1. The summed E-state index contributed by atoms with van der Waals surface area (Å²) in [5.41, 5.74) is 0.193. The van der Waals surface area contributed by atoms with E-state index in [0.29, 0.717) is 5.69 Å². The second-order valence-electron chi connectivity index (χ2n) is 7.38. The Kier molecular flexibility index (Phi) is 7.35. The lowest BCUT2D eigenvalue weighted by Gasteiger charge is -2.20. The van der Waals surface area contributed by atoms with E-state index in [9.17, 15) is 37.2 Å². The lowest BCUT2D eigenvalue weighted by molar-refractivity contribution is -0.274. The fourth-order valence-electron chi connectivity index (χ4n) is 3.40. The standard InChI is InChI=1S/C22H18F4N4O4/c23-15-4-6-16(7-5-15)29-21(33)14-8-17(10-27)30(12-14)19(31)11-28-20(32)13-2-1-3-18(9-13)34-22(24,25)26/h1-7,9,14,17H,8,11-12H2,(H,28,32)(H,29,33). The number of ether oxygens (including phenoxy) is 1. The molecule has 34 heavy (non-hydrogen) atoms. The van der Waals surface area contributed by atoms with Crippen molar-refractivity contribution in [1.29, 1.82) is 5.26 Å². The van der Waals surface area contributed by atoms with Gasteiger partial charge >= 0.3 is 6.36 Å². The van der Waals surface area contributed by atoms with Crippen LogP contribution in [0.4, 0.5) is 23.2 Å². The molecule has 1 heterocycles. The minimum Gasteiger partial charge on any atom is -0.406 e. The van der Waals surface area contributed by atoms with Gasteiger partial charge in [-0.1, -0.05) is 6.07 Å². The highest BCUT2D eigenvalue weighted by molar-refractivity contribution is 5.97. The van der Waals surface area contributed by atoms with E-state index in [-0.39, 0.29) is 18.5 Å². The molecule has 2 aromatic carbocycles. The topological polar surface area (TPSA) is 112 Å². The fraction of sp³-hybridized carbons (Fsp3) is 0.273. The van der Waals surface area contributed by atoms with E-state index >= 15 is 0 Å². The number of alkyl halides is 3. The third-order valence-electron chi connectivity index (χ3n) is 4.98. The van der Waals surface area contributed by atoms with Crippen LogP contribution >= 0.6 is 0 Å². The van der Waals surface area contributed by atoms with Crippen molar-refractivity contribution in [3.8, 4) is 11.8 Å². The summed E-state index contributed by atoms with van der Waals surface area (Å²) in [5.74, 6) is -3.68. The van der Waals surface area contributed by atoms with Gasteiger partial charge in [0.15, 0.2) is 0 Å². The Morgan fingerprint density at radius 2 is 1.85 bits per heavy atom. The predicted molar refractivity (Wildman–Crippen MR) is 110 cm³/mol. The molecule has 178 valence electrons. The van der Waals surface area contributed by atoms with Crippen LogP contribution in [0.25, 0.3) is 0 Å². The average molecular weight is 478 g/mol. The van der Waals surface area contributed by atoms with E-state index in [1.54, 1.807) is 0 Å². The van der Waals surface area contributed by atoms with E-state index in [0.717, 1.165) is 17.0 Å². The number of nitriles is 1. The Bertz CT molecular complexity index is 1120. The van der Waals surface area contributed by atoms with Crippen molar-refractivity contribution in [1.82, 2.24) is 10.2 Å². The van der Waals surface area contributed by atoms with Crippen LogP contribution in [-0.4, -0.2) is 48.1 Å². The van der Waals surface area contributed by atoms with E-state index in [1.165, 1.54) is 36.4 Å². The molecule has 1 aliphatic heterocycles. The number of carbonyl (C=O) groups excluding carboxylic acids is 3. The molecule has 2 N–H and O–H groups in total. The van der Waals surface area contributed by atoms with Gasteiger partial charge in [0.25, 0.3) is 5.91 Å². The van der Waals surface area contributed by atoms with Crippen LogP contribution in [0.3, 0.4) is 0 Å². The Hall–Kier alpha value is -4.14. The molecule has 8 nitrogen and oxygen atoms in total. The lowest BCUT2D eigenvalue weighted by Crippen LogP contribution is -2.42. The first-order valence-electron chi connectivity index (χ1n) is 9.95. The molecule has 2 aromatic rings. The molecule has 0 spiro atoms. The monoisotopic (exact) mass is 478 g/mol. The minimum atomic E-state index is -4.92. The molecule has 0 aliphatic carbocycles. The molecule has 12 heteroatoms. The second-order valence-corrected chi connectivity index (χ2v) is 7.38. The summed E-state index contributed by atoms with van der Waals surface area (Å²) in [6.07, 6.45) is -4.85. The minimum absolute atomic E-state index is 0.0695. The van der Waals surface area contributed by atoms with E-state index in [1.807, 2.05) is 6.07 Å². The summed E-state index contributed by atoms with van der Waals surface area (Å²) >= 11 is 0. The maximum Gasteiger partial charge on any atom is 0.573 e. The third-order valence-corrected chi connectivity index (χ3v) is 4.98. The van der Waals surface area contributed by atoms with Gasteiger partial charge in [0.1, 0.15) is 17.6 Å². The number of amides is 3. The highest BCUT2D eigenvalue weighted by Gasteiger charge is 2.39. The van der Waals surface area contributed by atoms with Crippen LogP contribution in [0.2, 0.25) is 0 Å². The maximum absolute atomic E-state index is 13.0. The number of hydrogen-bond donors (Lipinski definition) is 2. The molecule has 1 aliphatic rings. The number of carbonyl (C=O) groups is 3. The smallest absolute Gasteiger partial charge is 0.406 e. The van der Waals surface area contributed by atoms with Gasteiger partial charge in [0, 0.05) is 17.8 Å². The molecule has 0 bridgehead atoms. The molecule has 0 aromatic heterocycles. The average Bonchev–Trinajstić information content (AvgIpc) is 3.22.